The van der Waals surface area contributed by atoms with Crippen molar-refractivity contribution < 1.29 is 39.7 Å². The Kier molecular flexibility index (Phi) is 7.98. The molecule has 0 radical (unpaired) electrons. The number of anilines is 2. The molecule has 0 spiro atoms. The van der Waals surface area contributed by atoms with Gasteiger partial charge in [-0.15, -0.1) is 24.5 Å². The summed E-state index contributed by atoms with van der Waals surface area (Å²) in [5, 5.41) is 11.5. The highest BCUT2D eigenvalue weighted by Gasteiger charge is 2.31. The van der Waals surface area contributed by atoms with E-state index in [0.29, 0.717) is 0 Å². The zero-order chi connectivity index (χ0) is 29.3. The molecule has 40 heavy (non-hydrogen) atoms. The Morgan fingerprint density at radius 1 is 0.850 bits per heavy atom. The lowest BCUT2D eigenvalue weighted by Gasteiger charge is -2.16. The minimum atomic E-state index is -4.98. The molecule has 0 unspecified atom stereocenters. The summed E-state index contributed by atoms with van der Waals surface area (Å²) < 4.78 is 97.6. The van der Waals surface area contributed by atoms with Gasteiger partial charge in [-0.25, -0.2) is 16.8 Å². The predicted octanol–water partition coefficient (Wildman–Crippen LogP) is 6.48. The Morgan fingerprint density at radius 3 is 2.10 bits per heavy atom. The largest absolute Gasteiger partial charge is 0.573 e. The number of thiophene rings is 1. The van der Waals surface area contributed by atoms with Gasteiger partial charge in [0, 0.05) is 6.07 Å². The second-order valence-electron chi connectivity index (χ2n) is 7.82. The molecule has 0 atom stereocenters. The van der Waals surface area contributed by atoms with E-state index in [0.717, 1.165) is 35.6 Å². The molecule has 1 aromatic heterocycles. The van der Waals surface area contributed by atoms with E-state index < -0.39 is 42.0 Å². The molecule has 0 aliphatic carbocycles. The summed E-state index contributed by atoms with van der Waals surface area (Å²) in [7, 11) is -8.75. The summed E-state index contributed by atoms with van der Waals surface area (Å²) in [6.07, 6.45) is -4.98. The standard InChI is InChI=1S/C23H15ClF3N3O7S3/c24-21-11-12-22(38-21)40(35,36)29-19-13-14(17-3-1-2-4-20(17)30(31)32)5-10-18(19)28-39(33,34)16-8-6-15(7-9-16)37-23(25,26)27/h1-13,28-29H. The van der Waals surface area contributed by atoms with Crippen LogP contribution < -0.4 is 14.2 Å². The van der Waals surface area contributed by atoms with E-state index in [9.17, 15) is 40.1 Å². The number of ether oxygens (including phenoxy) is 1. The molecular formula is C23H15ClF3N3O7S3. The van der Waals surface area contributed by atoms with Crippen LogP contribution in [0.25, 0.3) is 11.1 Å². The fourth-order valence-electron chi connectivity index (χ4n) is 3.42. The Hall–Kier alpha value is -3.86. The van der Waals surface area contributed by atoms with E-state index in [-0.39, 0.29) is 36.7 Å². The lowest BCUT2D eigenvalue weighted by Crippen LogP contribution is -2.18. The molecule has 2 N–H and O–H groups in total. The van der Waals surface area contributed by atoms with Crippen molar-refractivity contribution in [3.8, 4) is 16.9 Å². The lowest BCUT2D eigenvalue weighted by molar-refractivity contribution is -0.384. The SMILES string of the molecule is O=[N+]([O-])c1ccccc1-c1ccc(NS(=O)(=O)c2ccc(OC(F)(F)F)cc2)c(NS(=O)(=O)c2ccc(Cl)s2)c1. The Bertz CT molecular complexity index is 1790. The molecule has 0 amide bonds. The average Bonchev–Trinajstić information content (AvgIpc) is 3.31. The number of benzene rings is 3. The maximum atomic E-state index is 13.0. The number of hydrogen-bond acceptors (Lipinski definition) is 8. The van der Waals surface area contributed by atoms with Gasteiger partial charge in [0.2, 0.25) is 0 Å². The molecular weight excluding hydrogens is 619 g/mol. The van der Waals surface area contributed by atoms with Gasteiger partial charge in [-0.2, -0.15) is 0 Å². The average molecular weight is 634 g/mol. The molecule has 0 saturated heterocycles. The molecule has 3 aromatic carbocycles. The van der Waals surface area contributed by atoms with Gasteiger partial charge in [0.25, 0.3) is 25.7 Å². The van der Waals surface area contributed by atoms with Gasteiger partial charge in [0.05, 0.1) is 31.1 Å². The van der Waals surface area contributed by atoms with E-state index in [1.165, 1.54) is 54.6 Å². The van der Waals surface area contributed by atoms with Gasteiger partial charge >= 0.3 is 6.36 Å². The van der Waals surface area contributed by atoms with Gasteiger partial charge in [0.1, 0.15) is 9.96 Å². The van der Waals surface area contributed by atoms with Crippen LogP contribution in [0.15, 0.2) is 88.0 Å². The Labute approximate surface area is 234 Å². The van der Waals surface area contributed by atoms with E-state index in [4.69, 9.17) is 11.6 Å². The quantitative estimate of drug-likeness (QED) is 0.159. The van der Waals surface area contributed by atoms with Crippen molar-refractivity contribution in [1.82, 2.24) is 0 Å². The molecule has 0 aliphatic heterocycles. The monoisotopic (exact) mass is 633 g/mol. The maximum Gasteiger partial charge on any atom is 0.573 e. The first kappa shape index (κ1) is 29.1. The fourth-order valence-corrected chi connectivity index (χ4v) is 7.06. The number of hydrogen-bond donors (Lipinski definition) is 2. The van der Waals surface area contributed by atoms with Gasteiger partial charge in [0.15, 0.2) is 0 Å². The molecule has 10 nitrogen and oxygen atoms in total. The first-order chi connectivity index (χ1) is 18.6. The van der Waals surface area contributed by atoms with E-state index in [1.807, 2.05) is 0 Å². The van der Waals surface area contributed by atoms with Crippen LogP contribution in [0.3, 0.4) is 0 Å². The molecule has 0 aliphatic rings. The van der Waals surface area contributed by atoms with E-state index in [1.54, 1.807) is 0 Å². The highest BCUT2D eigenvalue weighted by Crippen LogP contribution is 2.37. The zero-order valence-corrected chi connectivity index (χ0v) is 22.8. The van der Waals surface area contributed by atoms with Crippen molar-refractivity contribution in [2.75, 3.05) is 9.44 Å². The predicted molar refractivity (Wildman–Crippen MR) is 143 cm³/mol. The number of nitrogens with zero attached hydrogens (tertiary/aromatic N) is 1. The maximum absolute atomic E-state index is 13.0. The number of halogens is 4. The van der Waals surface area contributed by atoms with Crippen molar-refractivity contribution in [1.29, 1.82) is 0 Å². The third-order valence-electron chi connectivity index (χ3n) is 5.10. The molecule has 4 rings (SSSR count). The summed E-state index contributed by atoms with van der Waals surface area (Å²) in [6, 6.07) is 15.3. The summed E-state index contributed by atoms with van der Waals surface area (Å²) in [5.74, 6) is -0.650. The second kappa shape index (κ2) is 11.0. The molecule has 17 heteroatoms. The summed E-state index contributed by atoms with van der Waals surface area (Å²) in [5.41, 5.74) is -0.534. The van der Waals surface area contributed by atoms with Crippen molar-refractivity contribution in [2.24, 2.45) is 0 Å². The van der Waals surface area contributed by atoms with Crippen LogP contribution in [0.4, 0.5) is 30.2 Å². The van der Waals surface area contributed by atoms with Crippen molar-refractivity contribution in [2.45, 2.75) is 15.5 Å². The van der Waals surface area contributed by atoms with Crippen LogP contribution in [0.5, 0.6) is 5.75 Å². The third kappa shape index (κ3) is 6.82. The molecule has 0 bridgehead atoms. The van der Waals surface area contributed by atoms with E-state index >= 15 is 0 Å². The second-order valence-corrected chi connectivity index (χ2v) is 13.1. The summed E-state index contributed by atoms with van der Waals surface area (Å²) in [6.45, 7) is 0. The van der Waals surface area contributed by atoms with Crippen molar-refractivity contribution >= 4 is 60.0 Å². The van der Waals surface area contributed by atoms with Crippen LogP contribution >= 0.6 is 22.9 Å². The Balaban J connectivity index is 1.76. The number of sulfonamides is 2. The number of nitrogens with one attached hydrogen (secondary N) is 2. The van der Waals surface area contributed by atoms with Crippen LogP contribution in [0.1, 0.15) is 0 Å². The highest BCUT2D eigenvalue weighted by atomic mass is 35.5. The minimum Gasteiger partial charge on any atom is -0.406 e. The molecule has 4 aromatic rings. The fraction of sp³-hybridized carbons (Fsp3) is 0.0435. The number of para-hydroxylation sites is 1. The zero-order valence-electron chi connectivity index (χ0n) is 19.5. The highest BCUT2D eigenvalue weighted by molar-refractivity contribution is 7.94. The van der Waals surface area contributed by atoms with Gasteiger partial charge < -0.3 is 4.74 Å². The van der Waals surface area contributed by atoms with Crippen molar-refractivity contribution in [3.63, 3.8) is 0 Å². The van der Waals surface area contributed by atoms with Crippen LogP contribution in [-0.2, 0) is 20.0 Å². The third-order valence-corrected chi connectivity index (χ3v) is 9.57. The van der Waals surface area contributed by atoms with Gasteiger partial charge in [-0.05, 0) is 60.2 Å². The number of nitro benzene ring substituents is 1. The summed E-state index contributed by atoms with van der Waals surface area (Å²) >= 11 is 6.59. The van der Waals surface area contributed by atoms with Crippen LogP contribution in [-0.4, -0.2) is 28.1 Å². The normalized spacial score (nSPS) is 12.1. The molecule has 0 fully saturated rings. The van der Waals surface area contributed by atoms with Crippen molar-refractivity contribution in [3.05, 3.63) is 93.3 Å². The van der Waals surface area contributed by atoms with E-state index in [2.05, 4.69) is 14.2 Å². The van der Waals surface area contributed by atoms with Crippen LogP contribution in [0, 0.1) is 10.1 Å². The number of rotatable bonds is 9. The molecule has 210 valence electrons. The smallest absolute Gasteiger partial charge is 0.406 e. The minimum absolute atomic E-state index is 0.127. The van der Waals surface area contributed by atoms with Gasteiger partial charge in [-0.3, -0.25) is 19.6 Å². The van der Waals surface area contributed by atoms with Gasteiger partial charge in [-0.1, -0.05) is 29.8 Å². The number of alkyl halides is 3. The first-order valence-electron chi connectivity index (χ1n) is 10.7. The Morgan fingerprint density at radius 2 is 1.50 bits per heavy atom. The first-order valence-corrected chi connectivity index (χ1v) is 14.9. The topological polar surface area (TPSA) is 145 Å². The number of nitro groups is 1. The molecule has 1 heterocycles. The van der Waals surface area contributed by atoms with Crippen LogP contribution in [0.2, 0.25) is 4.34 Å². The molecule has 0 saturated carbocycles. The summed E-state index contributed by atoms with van der Waals surface area (Å²) in [4.78, 5) is 10.4. The lowest BCUT2D eigenvalue weighted by atomic mass is 10.0.